The van der Waals surface area contributed by atoms with Gasteiger partial charge in [0.1, 0.15) is 18.8 Å². The van der Waals surface area contributed by atoms with Gasteiger partial charge in [0.25, 0.3) is 0 Å². The molecule has 0 aliphatic carbocycles. The van der Waals surface area contributed by atoms with Gasteiger partial charge in [0.2, 0.25) is 11.8 Å². The number of hydrogen-bond acceptors (Lipinski definition) is 5. The molecule has 5 rings (SSSR count). The lowest BCUT2D eigenvalue weighted by Gasteiger charge is -2.37. The fourth-order valence-corrected chi connectivity index (χ4v) is 5.99. The molecule has 49 heavy (non-hydrogen) atoms. The van der Waals surface area contributed by atoms with Crippen molar-refractivity contribution in [3.8, 4) is 11.5 Å². The Morgan fingerprint density at radius 1 is 0.735 bits per heavy atom. The predicted molar refractivity (Wildman–Crippen MR) is 196 cm³/mol. The third-order valence-electron chi connectivity index (χ3n) is 9.11. The standard InChI is InChI=1S/C42H47N3O4/c1-29(2)39(43)40(46)44-42(4,41(47)45(5)30(3)35-22-14-20-34-19-12-13-21-36(34)35)26-33-23-24-37(48-27-31-15-8-6-9-16-31)38(25-33)49-28-32-17-10-7-11-18-32/h6-25,29-30,39H,26-28,43H2,1-5H3,(H,44,46)/t30-,39+,42+/m1/s1. The predicted octanol–water partition coefficient (Wildman–Crippen LogP) is 7.62. The van der Waals surface area contributed by atoms with Crippen molar-refractivity contribution >= 4 is 22.6 Å². The van der Waals surface area contributed by atoms with Gasteiger partial charge in [-0.25, -0.2) is 0 Å². The lowest BCUT2D eigenvalue weighted by Crippen LogP contribution is -2.61. The van der Waals surface area contributed by atoms with Crippen molar-refractivity contribution in [2.75, 3.05) is 7.05 Å². The average Bonchev–Trinajstić information content (AvgIpc) is 3.12. The summed E-state index contributed by atoms with van der Waals surface area (Å²) in [7, 11) is 1.79. The number of likely N-dealkylation sites (N-methyl/N-ethyl adjacent to an activating group) is 1. The van der Waals surface area contributed by atoms with Crippen LogP contribution in [0.25, 0.3) is 10.8 Å². The summed E-state index contributed by atoms with van der Waals surface area (Å²) in [5.74, 6) is 0.429. The van der Waals surface area contributed by atoms with E-state index in [0.717, 1.165) is 33.0 Å². The van der Waals surface area contributed by atoms with Gasteiger partial charge >= 0.3 is 0 Å². The average molecular weight is 658 g/mol. The van der Waals surface area contributed by atoms with Crippen LogP contribution in [-0.4, -0.2) is 35.3 Å². The number of rotatable bonds is 14. The normalized spacial score (nSPS) is 13.7. The van der Waals surface area contributed by atoms with E-state index in [2.05, 4.69) is 23.5 Å². The third-order valence-corrected chi connectivity index (χ3v) is 9.11. The van der Waals surface area contributed by atoms with Crippen LogP contribution in [0.5, 0.6) is 11.5 Å². The molecular weight excluding hydrogens is 610 g/mol. The van der Waals surface area contributed by atoms with Crippen molar-refractivity contribution in [1.29, 1.82) is 0 Å². The molecule has 5 aromatic carbocycles. The first kappa shape index (κ1) is 35.2. The number of amides is 2. The quantitative estimate of drug-likeness (QED) is 0.128. The molecule has 0 radical (unpaired) electrons. The SMILES string of the molecule is CC(C)[C@H](N)C(=O)N[C@@](C)(Cc1ccc(OCc2ccccc2)c(OCc2ccccc2)c1)C(=O)N(C)[C@H](C)c1cccc2ccccc12. The summed E-state index contributed by atoms with van der Waals surface area (Å²) in [4.78, 5) is 29.8. The molecule has 7 heteroatoms. The molecule has 0 saturated carbocycles. The molecule has 0 saturated heterocycles. The maximum Gasteiger partial charge on any atom is 0.248 e. The van der Waals surface area contributed by atoms with Crippen molar-refractivity contribution in [3.63, 3.8) is 0 Å². The van der Waals surface area contributed by atoms with Crippen LogP contribution in [-0.2, 0) is 29.2 Å². The molecule has 0 aliphatic heterocycles. The van der Waals surface area contributed by atoms with Gasteiger partial charge in [0.05, 0.1) is 12.1 Å². The highest BCUT2D eigenvalue weighted by atomic mass is 16.5. The molecule has 5 aromatic rings. The van der Waals surface area contributed by atoms with Crippen molar-refractivity contribution in [3.05, 3.63) is 144 Å². The molecule has 254 valence electrons. The molecule has 7 nitrogen and oxygen atoms in total. The topological polar surface area (TPSA) is 93.9 Å². The molecular formula is C42H47N3O4. The number of ether oxygens (including phenoxy) is 2. The third kappa shape index (κ3) is 8.67. The van der Waals surface area contributed by atoms with Crippen LogP contribution in [0.3, 0.4) is 0 Å². The Hall–Kier alpha value is -5.14. The largest absolute Gasteiger partial charge is 0.485 e. The number of carbonyl (C=O) groups excluding carboxylic acids is 2. The van der Waals surface area contributed by atoms with Crippen molar-refractivity contribution in [2.24, 2.45) is 11.7 Å². The van der Waals surface area contributed by atoms with Crippen LogP contribution in [0.4, 0.5) is 0 Å². The lowest BCUT2D eigenvalue weighted by atomic mass is 9.88. The number of nitrogens with two attached hydrogens (primary N) is 1. The van der Waals surface area contributed by atoms with Gasteiger partial charge in [-0.05, 0) is 64.9 Å². The van der Waals surface area contributed by atoms with E-state index in [9.17, 15) is 9.59 Å². The molecule has 0 fully saturated rings. The Labute approximate surface area is 290 Å². The highest BCUT2D eigenvalue weighted by Crippen LogP contribution is 2.33. The Balaban J connectivity index is 1.46. The fraction of sp³-hybridized carbons (Fsp3) is 0.286. The highest BCUT2D eigenvalue weighted by Gasteiger charge is 2.40. The van der Waals surface area contributed by atoms with E-state index in [0.29, 0.717) is 24.7 Å². The van der Waals surface area contributed by atoms with Crippen LogP contribution in [0.2, 0.25) is 0 Å². The van der Waals surface area contributed by atoms with E-state index >= 15 is 0 Å². The van der Waals surface area contributed by atoms with Crippen LogP contribution >= 0.6 is 0 Å². The molecule has 3 N–H and O–H groups in total. The van der Waals surface area contributed by atoms with E-state index in [1.807, 2.05) is 124 Å². The van der Waals surface area contributed by atoms with Gasteiger partial charge < -0.3 is 25.4 Å². The second-order valence-electron chi connectivity index (χ2n) is 13.3. The second-order valence-corrected chi connectivity index (χ2v) is 13.3. The minimum Gasteiger partial charge on any atom is -0.485 e. The smallest absolute Gasteiger partial charge is 0.248 e. The molecule has 0 aliphatic rings. The maximum absolute atomic E-state index is 14.6. The summed E-state index contributed by atoms with van der Waals surface area (Å²) in [5.41, 5.74) is 8.85. The first-order valence-corrected chi connectivity index (χ1v) is 16.8. The molecule has 0 bridgehead atoms. The van der Waals surface area contributed by atoms with Crippen LogP contribution in [0.15, 0.2) is 121 Å². The maximum atomic E-state index is 14.6. The highest BCUT2D eigenvalue weighted by molar-refractivity contribution is 5.94. The van der Waals surface area contributed by atoms with Gasteiger partial charge in [-0.2, -0.15) is 0 Å². The van der Waals surface area contributed by atoms with Gasteiger partial charge in [-0.1, -0.05) is 123 Å². The van der Waals surface area contributed by atoms with Crippen molar-refractivity contribution < 1.29 is 19.1 Å². The summed E-state index contributed by atoms with van der Waals surface area (Å²) in [6.07, 6.45) is 0.204. The number of hydrogen-bond donors (Lipinski definition) is 2. The first-order chi connectivity index (χ1) is 23.6. The Morgan fingerprint density at radius 2 is 1.31 bits per heavy atom. The van der Waals surface area contributed by atoms with Gasteiger partial charge in [-0.15, -0.1) is 0 Å². The molecule has 0 spiro atoms. The van der Waals surface area contributed by atoms with E-state index in [4.69, 9.17) is 15.2 Å². The van der Waals surface area contributed by atoms with Crippen LogP contribution in [0.1, 0.15) is 56.0 Å². The summed E-state index contributed by atoms with van der Waals surface area (Å²) in [5, 5.41) is 5.24. The second kappa shape index (κ2) is 15.8. The lowest BCUT2D eigenvalue weighted by molar-refractivity contribution is -0.142. The first-order valence-electron chi connectivity index (χ1n) is 16.8. The van der Waals surface area contributed by atoms with Gasteiger partial charge in [-0.3, -0.25) is 9.59 Å². The molecule has 0 unspecified atom stereocenters. The fourth-order valence-electron chi connectivity index (χ4n) is 5.99. The zero-order valence-electron chi connectivity index (χ0n) is 29.1. The monoisotopic (exact) mass is 657 g/mol. The van der Waals surface area contributed by atoms with Crippen LogP contribution < -0.4 is 20.5 Å². The number of nitrogens with one attached hydrogen (secondary N) is 1. The Kier molecular flexibility index (Phi) is 11.4. The minimum absolute atomic E-state index is 0.106. The van der Waals surface area contributed by atoms with Crippen molar-refractivity contribution in [2.45, 2.75) is 65.0 Å². The van der Waals surface area contributed by atoms with Gasteiger partial charge in [0.15, 0.2) is 11.5 Å². The van der Waals surface area contributed by atoms with E-state index in [1.165, 1.54) is 0 Å². The number of benzene rings is 5. The van der Waals surface area contributed by atoms with Crippen LogP contribution in [0, 0.1) is 5.92 Å². The van der Waals surface area contributed by atoms with Gasteiger partial charge in [0, 0.05) is 13.5 Å². The molecule has 0 heterocycles. The van der Waals surface area contributed by atoms with E-state index in [-0.39, 0.29) is 30.2 Å². The summed E-state index contributed by atoms with van der Waals surface area (Å²) in [6.45, 7) is 8.28. The minimum atomic E-state index is -1.32. The molecule has 2 amide bonds. The number of nitrogens with zero attached hydrogens (tertiary/aromatic N) is 1. The van der Waals surface area contributed by atoms with E-state index < -0.39 is 11.6 Å². The summed E-state index contributed by atoms with van der Waals surface area (Å²) >= 11 is 0. The summed E-state index contributed by atoms with van der Waals surface area (Å²) in [6, 6.07) is 38.8. The van der Waals surface area contributed by atoms with E-state index in [1.54, 1.807) is 18.9 Å². The number of carbonyl (C=O) groups is 2. The summed E-state index contributed by atoms with van der Waals surface area (Å²) < 4.78 is 12.6. The zero-order valence-corrected chi connectivity index (χ0v) is 29.1. The molecule has 0 aromatic heterocycles. The number of fused-ring (bicyclic) bond motifs is 1. The molecule has 3 atom stereocenters. The zero-order chi connectivity index (χ0) is 35.0. The Bertz CT molecular complexity index is 1860. The Morgan fingerprint density at radius 3 is 1.94 bits per heavy atom. The van der Waals surface area contributed by atoms with Crippen molar-refractivity contribution in [1.82, 2.24) is 10.2 Å².